The van der Waals surface area contributed by atoms with Crippen LogP contribution in [-0.4, -0.2) is 28.5 Å². The number of pyridine rings is 1. The van der Waals surface area contributed by atoms with Crippen LogP contribution in [0.1, 0.15) is 5.56 Å². The maximum absolute atomic E-state index is 13.0. The van der Waals surface area contributed by atoms with Gasteiger partial charge in [-0.05, 0) is 54.1 Å². The van der Waals surface area contributed by atoms with E-state index in [1.165, 1.54) is 30.3 Å². The number of halogens is 1. The third kappa shape index (κ3) is 4.94. The standard InChI is InChI=1S/C20H19ClN4O4/c1-29-17-10-8-16(9-11-17)24(19-18(25(27)28)3-2-12-22-19)20(26)23-13-14-4-6-15(21)7-5-14/h2-12,27-28H,13H2,1H3,(H,23,26). The Labute approximate surface area is 172 Å². The molecule has 2 amide bonds. The first-order chi connectivity index (χ1) is 14.0. The van der Waals surface area contributed by atoms with Gasteiger partial charge in [-0.2, -0.15) is 0 Å². The summed E-state index contributed by atoms with van der Waals surface area (Å²) < 4.78 is 5.16. The number of hydrogen-bond acceptors (Lipinski definition) is 6. The summed E-state index contributed by atoms with van der Waals surface area (Å²) in [6.45, 7) is 0.243. The molecule has 0 radical (unpaired) electrons. The topological polar surface area (TPSA) is 98.2 Å². The zero-order chi connectivity index (χ0) is 20.8. The first-order valence-corrected chi connectivity index (χ1v) is 8.96. The molecule has 3 N–H and O–H groups in total. The number of urea groups is 1. The Hall–Kier alpha value is -3.33. The van der Waals surface area contributed by atoms with Gasteiger partial charge in [0, 0.05) is 17.8 Å². The Morgan fingerprint density at radius 1 is 1.10 bits per heavy atom. The van der Waals surface area contributed by atoms with Crippen LogP contribution >= 0.6 is 11.6 Å². The molecule has 8 nitrogen and oxygen atoms in total. The molecule has 0 saturated heterocycles. The SMILES string of the molecule is COc1ccc(N(C(=O)NCc2ccc(Cl)cc2)c2ncccc2N(O)O)cc1. The van der Waals surface area contributed by atoms with Gasteiger partial charge in [0.05, 0.1) is 12.8 Å². The van der Waals surface area contributed by atoms with Crippen molar-refractivity contribution in [3.05, 3.63) is 77.4 Å². The first-order valence-electron chi connectivity index (χ1n) is 8.59. The number of methoxy groups -OCH3 is 1. The molecule has 0 fully saturated rings. The van der Waals surface area contributed by atoms with E-state index in [9.17, 15) is 15.2 Å². The first kappa shape index (κ1) is 20.4. The number of nitrogens with one attached hydrogen (secondary N) is 1. The second-order valence-corrected chi connectivity index (χ2v) is 6.39. The predicted octanol–water partition coefficient (Wildman–Crippen LogP) is 4.38. The number of nitrogens with zero attached hydrogens (tertiary/aromatic N) is 3. The van der Waals surface area contributed by atoms with Gasteiger partial charge >= 0.3 is 6.03 Å². The number of ether oxygens (including phenoxy) is 1. The van der Waals surface area contributed by atoms with E-state index in [0.29, 0.717) is 16.5 Å². The van der Waals surface area contributed by atoms with E-state index in [0.717, 1.165) is 5.56 Å². The highest BCUT2D eigenvalue weighted by Gasteiger charge is 2.24. The van der Waals surface area contributed by atoms with Gasteiger partial charge in [-0.3, -0.25) is 10.4 Å². The number of benzene rings is 2. The maximum Gasteiger partial charge on any atom is 0.328 e. The minimum absolute atomic E-state index is 0.0382. The van der Waals surface area contributed by atoms with Crippen LogP contribution in [0.4, 0.5) is 22.0 Å². The minimum atomic E-state index is -0.507. The van der Waals surface area contributed by atoms with Crippen LogP contribution in [-0.2, 0) is 6.54 Å². The highest BCUT2D eigenvalue weighted by atomic mass is 35.5. The lowest BCUT2D eigenvalue weighted by Crippen LogP contribution is -2.37. The molecular weight excluding hydrogens is 396 g/mol. The Kier molecular flexibility index (Phi) is 6.50. The fourth-order valence-electron chi connectivity index (χ4n) is 2.64. The van der Waals surface area contributed by atoms with Gasteiger partial charge in [-0.1, -0.05) is 23.7 Å². The summed E-state index contributed by atoms with van der Waals surface area (Å²) in [5.41, 5.74) is 1.25. The molecule has 0 spiro atoms. The van der Waals surface area contributed by atoms with Gasteiger partial charge in [0.15, 0.2) is 5.82 Å². The van der Waals surface area contributed by atoms with Crippen molar-refractivity contribution >= 4 is 34.8 Å². The van der Waals surface area contributed by atoms with Crippen molar-refractivity contribution in [3.8, 4) is 5.75 Å². The summed E-state index contributed by atoms with van der Waals surface area (Å²) in [5.74, 6) is 0.652. The molecule has 29 heavy (non-hydrogen) atoms. The van der Waals surface area contributed by atoms with E-state index in [2.05, 4.69) is 10.3 Å². The van der Waals surface area contributed by atoms with Gasteiger partial charge < -0.3 is 10.1 Å². The molecule has 150 valence electrons. The van der Waals surface area contributed by atoms with E-state index in [-0.39, 0.29) is 23.3 Å². The average molecular weight is 415 g/mol. The van der Waals surface area contributed by atoms with Crippen LogP contribution in [0, 0.1) is 0 Å². The van der Waals surface area contributed by atoms with Crippen LogP contribution in [0.15, 0.2) is 66.9 Å². The number of anilines is 3. The van der Waals surface area contributed by atoms with Crippen LogP contribution < -0.4 is 20.2 Å². The van der Waals surface area contributed by atoms with E-state index in [1.807, 2.05) is 0 Å². The molecule has 0 saturated carbocycles. The number of aromatic nitrogens is 1. The van der Waals surface area contributed by atoms with Crippen molar-refractivity contribution in [2.45, 2.75) is 6.54 Å². The quantitative estimate of drug-likeness (QED) is 0.518. The molecule has 3 rings (SSSR count). The zero-order valence-corrected chi connectivity index (χ0v) is 16.2. The summed E-state index contributed by atoms with van der Waals surface area (Å²) in [6, 6.07) is 16.2. The third-order valence-corrected chi connectivity index (χ3v) is 4.34. The van der Waals surface area contributed by atoms with Crippen molar-refractivity contribution in [1.29, 1.82) is 0 Å². The molecule has 1 aromatic heterocycles. The largest absolute Gasteiger partial charge is 0.497 e. The number of carbonyl (C=O) groups excluding carboxylic acids is 1. The maximum atomic E-state index is 13.0. The lowest BCUT2D eigenvalue weighted by molar-refractivity contribution is 0.0293. The Bertz CT molecular complexity index is 965. The molecule has 3 aromatic rings. The fourth-order valence-corrected chi connectivity index (χ4v) is 2.77. The zero-order valence-electron chi connectivity index (χ0n) is 15.5. The monoisotopic (exact) mass is 414 g/mol. The molecule has 0 bridgehead atoms. The Morgan fingerprint density at radius 3 is 2.41 bits per heavy atom. The number of rotatable bonds is 6. The molecule has 0 aliphatic heterocycles. The lowest BCUT2D eigenvalue weighted by atomic mass is 10.2. The minimum Gasteiger partial charge on any atom is -0.497 e. The Balaban J connectivity index is 1.93. The van der Waals surface area contributed by atoms with Crippen molar-refractivity contribution in [3.63, 3.8) is 0 Å². The average Bonchev–Trinajstić information content (AvgIpc) is 2.74. The summed E-state index contributed by atoms with van der Waals surface area (Å²) in [5, 5.41) is 22.4. The van der Waals surface area contributed by atoms with Crippen LogP contribution in [0.3, 0.4) is 0 Å². The predicted molar refractivity (Wildman–Crippen MR) is 109 cm³/mol. The summed E-state index contributed by atoms with van der Waals surface area (Å²) >= 11 is 5.89. The number of hydrogen-bond donors (Lipinski definition) is 3. The smallest absolute Gasteiger partial charge is 0.328 e. The van der Waals surface area contributed by atoms with E-state index >= 15 is 0 Å². The van der Waals surface area contributed by atoms with Gasteiger partial charge in [-0.25, -0.2) is 14.7 Å². The van der Waals surface area contributed by atoms with E-state index in [1.54, 1.807) is 48.5 Å². The molecule has 2 aromatic carbocycles. The van der Waals surface area contributed by atoms with Crippen molar-refractivity contribution in [2.24, 2.45) is 0 Å². The molecule has 0 aliphatic carbocycles. The normalized spacial score (nSPS) is 10.3. The van der Waals surface area contributed by atoms with Crippen molar-refractivity contribution in [2.75, 3.05) is 17.2 Å². The van der Waals surface area contributed by atoms with Crippen LogP contribution in [0.25, 0.3) is 0 Å². The van der Waals surface area contributed by atoms with Gasteiger partial charge in [0.2, 0.25) is 0 Å². The second-order valence-electron chi connectivity index (χ2n) is 5.95. The second kappa shape index (κ2) is 9.24. The van der Waals surface area contributed by atoms with Gasteiger partial charge in [0.25, 0.3) is 0 Å². The van der Waals surface area contributed by atoms with Crippen LogP contribution in [0.2, 0.25) is 5.02 Å². The fraction of sp³-hybridized carbons (Fsp3) is 0.100. The molecule has 1 heterocycles. The van der Waals surface area contributed by atoms with E-state index < -0.39 is 6.03 Å². The molecule has 0 unspecified atom stereocenters. The highest BCUT2D eigenvalue weighted by Crippen LogP contribution is 2.32. The van der Waals surface area contributed by atoms with Crippen molar-refractivity contribution in [1.82, 2.24) is 10.3 Å². The highest BCUT2D eigenvalue weighted by molar-refractivity contribution is 6.30. The van der Waals surface area contributed by atoms with Crippen LogP contribution in [0.5, 0.6) is 5.75 Å². The van der Waals surface area contributed by atoms with Crippen molar-refractivity contribution < 1.29 is 19.9 Å². The summed E-state index contributed by atoms with van der Waals surface area (Å²) in [4.78, 5) is 18.5. The van der Waals surface area contributed by atoms with Gasteiger partial charge in [0.1, 0.15) is 11.4 Å². The molecule has 0 aliphatic rings. The lowest BCUT2D eigenvalue weighted by Gasteiger charge is -2.25. The third-order valence-electron chi connectivity index (χ3n) is 4.08. The van der Waals surface area contributed by atoms with Gasteiger partial charge in [-0.15, -0.1) is 5.23 Å². The number of carbonyl (C=O) groups is 1. The molecular formula is C20H19ClN4O4. The summed E-state index contributed by atoms with van der Waals surface area (Å²) in [6.07, 6.45) is 1.45. The molecule has 0 atom stereocenters. The Morgan fingerprint density at radius 2 is 1.79 bits per heavy atom. The molecule has 9 heteroatoms. The number of amides is 2. The van der Waals surface area contributed by atoms with E-state index in [4.69, 9.17) is 16.3 Å². The summed E-state index contributed by atoms with van der Waals surface area (Å²) in [7, 11) is 1.54.